The summed E-state index contributed by atoms with van der Waals surface area (Å²) in [7, 11) is 0. The monoisotopic (exact) mass is 325 g/mol. The summed E-state index contributed by atoms with van der Waals surface area (Å²) in [5.41, 5.74) is 1.55. The molecule has 5 heteroatoms. The third-order valence-electron chi connectivity index (χ3n) is 3.90. The average Bonchev–Trinajstić information content (AvgIpc) is 3.43. The molecule has 0 atom stereocenters. The summed E-state index contributed by atoms with van der Waals surface area (Å²) in [5.74, 6) is -0.556. The zero-order valence-corrected chi connectivity index (χ0v) is 13.2. The second-order valence-electron chi connectivity index (χ2n) is 5.86. The molecule has 124 valence electrons. The van der Waals surface area contributed by atoms with E-state index in [1.54, 1.807) is 24.3 Å². The topological polar surface area (TPSA) is 66.8 Å². The van der Waals surface area contributed by atoms with Gasteiger partial charge in [0.05, 0.1) is 0 Å². The maximum absolute atomic E-state index is 12.5. The quantitative estimate of drug-likeness (QED) is 0.850. The Morgan fingerprint density at radius 3 is 2.29 bits per heavy atom. The van der Waals surface area contributed by atoms with Gasteiger partial charge in [0.1, 0.15) is 18.9 Å². The van der Waals surface area contributed by atoms with E-state index >= 15 is 0 Å². The summed E-state index contributed by atoms with van der Waals surface area (Å²) in [6.45, 7) is 0.205. The van der Waals surface area contributed by atoms with Crippen molar-refractivity contribution >= 4 is 11.9 Å². The zero-order valence-electron chi connectivity index (χ0n) is 13.2. The predicted molar refractivity (Wildman–Crippen MR) is 88.9 cm³/mol. The summed E-state index contributed by atoms with van der Waals surface area (Å²) in [6, 6.07) is 16.7. The van der Waals surface area contributed by atoms with Gasteiger partial charge in [0, 0.05) is 11.6 Å². The van der Waals surface area contributed by atoms with Crippen LogP contribution < -0.4 is 4.74 Å². The van der Waals surface area contributed by atoms with Crippen LogP contribution in [0.1, 0.15) is 28.8 Å². The second kappa shape index (κ2) is 7.17. The number of carbonyl (C=O) groups excluding carboxylic acids is 1. The Hall–Kier alpha value is -2.82. The van der Waals surface area contributed by atoms with Crippen molar-refractivity contribution in [3.8, 4) is 5.75 Å². The number of benzene rings is 2. The highest BCUT2D eigenvalue weighted by Gasteiger charge is 2.34. The molecule has 1 aliphatic carbocycles. The van der Waals surface area contributed by atoms with E-state index in [-0.39, 0.29) is 18.5 Å². The lowest BCUT2D eigenvalue weighted by Gasteiger charge is -2.20. The van der Waals surface area contributed by atoms with Crippen LogP contribution in [-0.2, 0) is 11.4 Å². The number of carboxylic acid groups (broad SMARTS) is 1. The molecule has 0 aliphatic heterocycles. The van der Waals surface area contributed by atoms with Crippen LogP contribution >= 0.6 is 0 Å². The van der Waals surface area contributed by atoms with Gasteiger partial charge in [0.25, 0.3) is 5.91 Å². The number of aliphatic carboxylic acids is 1. The Morgan fingerprint density at radius 2 is 1.71 bits per heavy atom. The lowest BCUT2D eigenvalue weighted by Crippen LogP contribution is -2.37. The SMILES string of the molecule is O=C(O)CN(C(=O)c1ccc(OCc2ccccc2)cc1)C1CC1. The van der Waals surface area contributed by atoms with Gasteiger partial charge in [-0.3, -0.25) is 9.59 Å². The molecule has 3 rings (SSSR count). The largest absolute Gasteiger partial charge is 0.489 e. The van der Waals surface area contributed by atoms with E-state index in [9.17, 15) is 9.59 Å². The highest BCUT2D eigenvalue weighted by atomic mass is 16.5. The van der Waals surface area contributed by atoms with Crippen molar-refractivity contribution in [1.82, 2.24) is 4.90 Å². The van der Waals surface area contributed by atoms with E-state index in [4.69, 9.17) is 9.84 Å². The molecular formula is C19H19NO4. The molecule has 1 aliphatic rings. The van der Waals surface area contributed by atoms with Crippen molar-refractivity contribution in [3.05, 3.63) is 65.7 Å². The lowest BCUT2D eigenvalue weighted by molar-refractivity contribution is -0.137. The van der Waals surface area contributed by atoms with E-state index < -0.39 is 5.97 Å². The van der Waals surface area contributed by atoms with Crippen LogP contribution in [0, 0.1) is 0 Å². The van der Waals surface area contributed by atoms with Crippen LogP contribution in [0.5, 0.6) is 5.75 Å². The number of carbonyl (C=O) groups is 2. The van der Waals surface area contributed by atoms with Gasteiger partial charge in [-0.25, -0.2) is 0 Å². The fraction of sp³-hybridized carbons (Fsp3) is 0.263. The van der Waals surface area contributed by atoms with Gasteiger partial charge in [-0.2, -0.15) is 0 Å². The minimum Gasteiger partial charge on any atom is -0.489 e. The van der Waals surface area contributed by atoms with Gasteiger partial charge in [-0.05, 0) is 42.7 Å². The summed E-state index contributed by atoms with van der Waals surface area (Å²) >= 11 is 0. The minimum absolute atomic E-state index is 0.0580. The summed E-state index contributed by atoms with van der Waals surface area (Å²) in [5, 5.41) is 8.96. The van der Waals surface area contributed by atoms with Gasteiger partial charge in [-0.15, -0.1) is 0 Å². The minimum atomic E-state index is -0.988. The molecule has 1 amide bonds. The molecule has 1 fully saturated rings. The van der Waals surface area contributed by atoms with Crippen molar-refractivity contribution in [1.29, 1.82) is 0 Å². The summed E-state index contributed by atoms with van der Waals surface area (Å²) in [4.78, 5) is 24.8. The molecule has 1 N–H and O–H groups in total. The van der Waals surface area contributed by atoms with E-state index in [0.29, 0.717) is 17.9 Å². The molecule has 2 aromatic carbocycles. The molecule has 0 aromatic heterocycles. The molecule has 0 radical (unpaired) electrons. The van der Waals surface area contributed by atoms with Crippen LogP contribution in [0.4, 0.5) is 0 Å². The Morgan fingerprint density at radius 1 is 1.04 bits per heavy atom. The molecule has 1 saturated carbocycles. The summed E-state index contributed by atoms with van der Waals surface area (Å²) in [6.07, 6.45) is 1.74. The average molecular weight is 325 g/mol. The van der Waals surface area contributed by atoms with E-state index in [1.165, 1.54) is 4.90 Å². The smallest absolute Gasteiger partial charge is 0.323 e. The molecule has 24 heavy (non-hydrogen) atoms. The molecule has 0 bridgehead atoms. The normalized spacial score (nSPS) is 13.3. The first-order chi connectivity index (χ1) is 11.6. The Bertz CT molecular complexity index is 708. The van der Waals surface area contributed by atoms with Crippen molar-refractivity contribution in [2.24, 2.45) is 0 Å². The van der Waals surface area contributed by atoms with Gasteiger partial charge in [0.2, 0.25) is 0 Å². The first kappa shape index (κ1) is 16.1. The van der Waals surface area contributed by atoms with Crippen molar-refractivity contribution in [3.63, 3.8) is 0 Å². The fourth-order valence-electron chi connectivity index (χ4n) is 2.50. The van der Waals surface area contributed by atoms with Gasteiger partial charge >= 0.3 is 5.97 Å². The zero-order chi connectivity index (χ0) is 16.9. The number of amides is 1. The Labute approximate surface area is 140 Å². The molecule has 0 spiro atoms. The number of carboxylic acids is 1. The van der Waals surface area contributed by atoms with E-state index in [0.717, 1.165) is 18.4 Å². The van der Waals surface area contributed by atoms with Crippen LogP contribution in [0.2, 0.25) is 0 Å². The Kier molecular flexibility index (Phi) is 4.79. The van der Waals surface area contributed by atoms with E-state index in [2.05, 4.69) is 0 Å². The van der Waals surface area contributed by atoms with Crippen LogP contribution in [0.3, 0.4) is 0 Å². The third-order valence-corrected chi connectivity index (χ3v) is 3.90. The summed E-state index contributed by atoms with van der Waals surface area (Å²) < 4.78 is 5.69. The number of hydrogen-bond acceptors (Lipinski definition) is 3. The third kappa shape index (κ3) is 4.13. The molecule has 2 aromatic rings. The number of rotatable bonds is 7. The van der Waals surface area contributed by atoms with Gasteiger partial charge in [-0.1, -0.05) is 30.3 Å². The number of ether oxygens (including phenoxy) is 1. The van der Waals surface area contributed by atoms with Crippen LogP contribution in [0.15, 0.2) is 54.6 Å². The first-order valence-corrected chi connectivity index (χ1v) is 7.93. The molecule has 5 nitrogen and oxygen atoms in total. The van der Waals surface area contributed by atoms with Crippen molar-refractivity contribution in [2.45, 2.75) is 25.5 Å². The highest BCUT2D eigenvalue weighted by molar-refractivity contribution is 5.96. The lowest BCUT2D eigenvalue weighted by atomic mass is 10.2. The number of nitrogens with zero attached hydrogens (tertiary/aromatic N) is 1. The predicted octanol–water partition coefficient (Wildman–Crippen LogP) is 2.95. The van der Waals surface area contributed by atoms with Crippen molar-refractivity contribution in [2.75, 3.05) is 6.54 Å². The molecule has 0 unspecified atom stereocenters. The van der Waals surface area contributed by atoms with Gasteiger partial charge in [0.15, 0.2) is 0 Å². The van der Waals surface area contributed by atoms with Crippen molar-refractivity contribution < 1.29 is 19.4 Å². The Balaban J connectivity index is 1.62. The molecule has 0 heterocycles. The first-order valence-electron chi connectivity index (χ1n) is 7.93. The molecule has 0 saturated heterocycles. The highest BCUT2D eigenvalue weighted by Crippen LogP contribution is 2.28. The maximum Gasteiger partial charge on any atom is 0.323 e. The van der Waals surface area contributed by atoms with Crippen LogP contribution in [-0.4, -0.2) is 34.5 Å². The second-order valence-corrected chi connectivity index (χ2v) is 5.86. The fourth-order valence-corrected chi connectivity index (χ4v) is 2.50. The molecular weight excluding hydrogens is 306 g/mol. The maximum atomic E-state index is 12.5. The van der Waals surface area contributed by atoms with Gasteiger partial charge < -0.3 is 14.7 Å². The number of hydrogen-bond donors (Lipinski definition) is 1. The standard InChI is InChI=1S/C19H19NO4/c21-18(22)12-20(16-8-9-16)19(23)15-6-10-17(11-7-15)24-13-14-4-2-1-3-5-14/h1-7,10-11,16H,8-9,12-13H2,(H,21,22). The van der Waals surface area contributed by atoms with Crippen LogP contribution in [0.25, 0.3) is 0 Å². The van der Waals surface area contributed by atoms with E-state index in [1.807, 2.05) is 30.3 Å².